The van der Waals surface area contributed by atoms with Crippen molar-refractivity contribution in [3.8, 4) is 5.75 Å². The van der Waals surface area contributed by atoms with E-state index in [9.17, 15) is 9.59 Å². The third-order valence-corrected chi connectivity index (χ3v) is 2.69. The maximum Gasteiger partial charge on any atom is 0.323 e. The standard InChI is InChI=1S/C13H18N2O5/c14-10(12(17)18)5-6-20-13(19)11(15)7-8-1-3-9(16)4-2-8/h1-4,10-11,16H,5-7,14-15H2,(H,17,18)/t10-,11-/m0/s1. The van der Waals surface area contributed by atoms with Gasteiger partial charge < -0.3 is 26.4 Å². The van der Waals surface area contributed by atoms with Crippen molar-refractivity contribution in [1.29, 1.82) is 0 Å². The molecule has 0 heterocycles. The number of hydrogen-bond acceptors (Lipinski definition) is 6. The highest BCUT2D eigenvalue weighted by Gasteiger charge is 2.17. The van der Waals surface area contributed by atoms with Gasteiger partial charge in [0.25, 0.3) is 0 Å². The molecule has 0 aromatic heterocycles. The second kappa shape index (κ2) is 7.46. The number of aliphatic carboxylic acids is 1. The number of carbonyl (C=O) groups excluding carboxylic acids is 1. The van der Waals surface area contributed by atoms with Gasteiger partial charge in [0.1, 0.15) is 17.8 Å². The molecule has 0 aliphatic carbocycles. The van der Waals surface area contributed by atoms with Crippen LogP contribution in [0.25, 0.3) is 0 Å². The van der Waals surface area contributed by atoms with Crippen LogP contribution < -0.4 is 11.5 Å². The van der Waals surface area contributed by atoms with Crippen LogP contribution in [-0.4, -0.2) is 40.8 Å². The summed E-state index contributed by atoms with van der Waals surface area (Å²) in [6.45, 7) is -0.0877. The molecule has 0 bridgehead atoms. The first kappa shape index (κ1) is 15.9. The molecule has 6 N–H and O–H groups in total. The highest BCUT2D eigenvalue weighted by atomic mass is 16.5. The molecule has 1 aromatic carbocycles. The van der Waals surface area contributed by atoms with Crippen molar-refractivity contribution in [2.75, 3.05) is 6.61 Å². The van der Waals surface area contributed by atoms with Crippen molar-refractivity contribution in [2.24, 2.45) is 11.5 Å². The topological polar surface area (TPSA) is 136 Å². The Kier molecular flexibility index (Phi) is 5.95. The maximum absolute atomic E-state index is 11.6. The van der Waals surface area contributed by atoms with E-state index in [1.165, 1.54) is 12.1 Å². The average molecular weight is 282 g/mol. The number of esters is 1. The maximum atomic E-state index is 11.6. The number of carbonyl (C=O) groups is 2. The van der Waals surface area contributed by atoms with Gasteiger partial charge in [-0.3, -0.25) is 9.59 Å². The van der Waals surface area contributed by atoms with Crippen LogP contribution in [0.1, 0.15) is 12.0 Å². The van der Waals surface area contributed by atoms with Gasteiger partial charge in [0.2, 0.25) is 0 Å². The minimum absolute atomic E-state index is 0.0347. The van der Waals surface area contributed by atoms with E-state index in [0.717, 1.165) is 5.56 Å². The van der Waals surface area contributed by atoms with Crippen molar-refractivity contribution in [1.82, 2.24) is 0 Å². The second-order valence-electron chi connectivity index (χ2n) is 4.38. The van der Waals surface area contributed by atoms with E-state index >= 15 is 0 Å². The highest BCUT2D eigenvalue weighted by molar-refractivity contribution is 5.76. The van der Waals surface area contributed by atoms with E-state index in [-0.39, 0.29) is 25.2 Å². The van der Waals surface area contributed by atoms with Crippen LogP contribution in [-0.2, 0) is 20.7 Å². The molecule has 0 amide bonds. The molecular weight excluding hydrogens is 264 g/mol. The molecule has 2 atom stereocenters. The molecule has 0 fully saturated rings. The minimum atomic E-state index is -1.14. The summed E-state index contributed by atoms with van der Waals surface area (Å²) in [5.41, 5.74) is 11.7. The molecule has 0 aliphatic rings. The van der Waals surface area contributed by atoms with Gasteiger partial charge in [-0.25, -0.2) is 0 Å². The van der Waals surface area contributed by atoms with Gasteiger partial charge in [-0.2, -0.15) is 0 Å². The van der Waals surface area contributed by atoms with Crippen LogP contribution >= 0.6 is 0 Å². The number of benzene rings is 1. The zero-order chi connectivity index (χ0) is 15.1. The molecule has 0 radical (unpaired) electrons. The van der Waals surface area contributed by atoms with Gasteiger partial charge >= 0.3 is 11.9 Å². The fourth-order valence-electron chi connectivity index (χ4n) is 1.49. The number of phenolic OH excluding ortho intramolecular Hbond substituents is 1. The molecule has 1 rings (SSSR count). The summed E-state index contributed by atoms with van der Waals surface area (Å²) in [5, 5.41) is 17.7. The molecular formula is C13H18N2O5. The molecule has 0 saturated heterocycles. The van der Waals surface area contributed by atoms with Crippen molar-refractivity contribution in [3.05, 3.63) is 29.8 Å². The summed E-state index contributed by atoms with van der Waals surface area (Å²) >= 11 is 0. The van der Waals surface area contributed by atoms with Crippen molar-refractivity contribution < 1.29 is 24.5 Å². The lowest BCUT2D eigenvalue weighted by Gasteiger charge is -2.12. The highest BCUT2D eigenvalue weighted by Crippen LogP contribution is 2.11. The first-order valence-corrected chi connectivity index (χ1v) is 6.08. The Bertz CT molecular complexity index is 460. The Balaban J connectivity index is 2.35. The van der Waals surface area contributed by atoms with E-state index in [2.05, 4.69) is 0 Å². The van der Waals surface area contributed by atoms with Crippen molar-refractivity contribution in [3.63, 3.8) is 0 Å². The SMILES string of the molecule is N[C@@H](CCOC(=O)[C@@H](N)Cc1ccc(O)cc1)C(=O)O. The Morgan fingerprint density at radius 3 is 2.30 bits per heavy atom. The monoisotopic (exact) mass is 282 g/mol. The lowest BCUT2D eigenvalue weighted by molar-refractivity contribution is -0.147. The van der Waals surface area contributed by atoms with Crippen molar-refractivity contribution in [2.45, 2.75) is 24.9 Å². The average Bonchev–Trinajstić information content (AvgIpc) is 2.40. The van der Waals surface area contributed by atoms with Crippen LogP contribution in [0.15, 0.2) is 24.3 Å². The quantitative estimate of drug-likeness (QED) is 0.500. The number of aromatic hydroxyl groups is 1. The van der Waals surface area contributed by atoms with Crippen LogP contribution in [0, 0.1) is 0 Å². The minimum Gasteiger partial charge on any atom is -0.508 e. The first-order chi connectivity index (χ1) is 9.40. The van der Waals surface area contributed by atoms with Crippen molar-refractivity contribution >= 4 is 11.9 Å². The Morgan fingerprint density at radius 2 is 1.75 bits per heavy atom. The van der Waals surface area contributed by atoms with E-state index in [1.54, 1.807) is 12.1 Å². The smallest absolute Gasteiger partial charge is 0.323 e. The van der Waals surface area contributed by atoms with Gasteiger partial charge in [-0.1, -0.05) is 12.1 Å². The summed E-state index contributed by atoms with van der Waals surface area (Å²) in [7, 11) is 0. The molecule has 1 aromatic rings. The summed E-state index contributed by atoms with van der Waals surface area (Å²) in [4.78, 5) is 22.0. The van der Waals surface area contributed by atoms with Gasteiger partial charge in [-0.05, 0) is 24.1 Å². The number of phenols is 1. The lowest BCUT2D eigenvalue weighted by Crippen LogP contribution is -2.36. The van der Waals surface area contributed by atoms with Gasteiger partial charge in [0, 0.05) is 6.42 Å². The Morgan fingerprint density at radius 1 is 1.15 bits per heavy atom. The number of carboxylic acids is 1. The summed E-state index contributed by atoms with van der Waals surface area (Å²) in [5.74, 6) is -1.63. The fourth-order valence-corrected chi connectivity index (χ4v) is 1.49. The summed E-state index contributed by atoms with van der Waals surface area (Å²) < 4.78 is 4.86. The third-order valence-electron chi connectivity index (χ3n) is 2.69. The predicted octanol–water partition coefficient (Wildman–Crippen LogP) is -0.393. The molecule has 20 heavy (non-hydrogen) atoms. The largest absolute Gasteiger partial charge is 0.508 e. The fraction of sp³-hybridized carbons (Fsp3) is 0.385. The second-order valence-corrected chi connectivity index (χ2v) is 4.38. The molecule has 0 saturated carbocycles. The van der Waals surface area contributed by atoms with E-state index in [0.29, 0.717) is 0 Å². The van der Waals surface area contributed by atoms with Gasteiger partial charge in [0.05, 0.1) is 6.61 Å². The number of carboxylic acid groups (broad SMARTS) is 1. The van der Waals surface area contributed by atoms with E-state index < -0.39 is 24.0 Å². The normalized spacial score (nSPS) is 13.5. The Labute approximate surface area is 116 Å². The van der Waals surface area contributed by atoms with E-state index in [1.807, 2.05) is 0 Å². The van der Waals surface area contributed by atoms with E-state index in [4.69, 9.17) is 26.4 Å². The van der Waals surface area contributed by atoms with Gasteiger partial charge in [0.15, 0.2) is 0 Å². The zero-order valence-corrected chi connectivity index (χ0v) is 10.9. The van der Waals surface area contributed by atoms with Crippen LogP contribution in [0.2, 0.25) is 0 Å². The molecule has 7 nitrogen and oxygen atoms in total. The third kappa shape index (κ3) is 5.25. The molecule has 0 spiro atoms. The summed E-state index contributed by atoms with van der Waals surface area (Å²) in [6, 6.07) is 4.40. The van der Waals surface area contributed by atoms with Crippen LogP contribution in [0.4, 0.5) is 0 Å². The predicted molar refractivity (Wildman–Crippen MR) is 71.0 cm³/mol. The van der Waals surface area contributed by atoms with Gasteiger partial charge in [-0.15, -0.1) is 0 Å². The summed E-state index contributed by atoms with van der Waals surface area (Å²) in [6.07, 6.45) is 0.303. The van der Waals surface area contributed by atoms with Crippen LogP contribution in [0.5, 0.6) is 5.75 Å². The molecule has 0 unspecified atom stereocenters. The first-order valence-electron chi connectivity index (χ1n) is 6.08. The Hall–Kier alpha value is -2.12. The number of hydrogen-bond donors (Lipinski definition) is 4. The molecule has 110 valence electrons. The van der Waals surface area contributed by atoms with Crippen LogP contribution in [0.3, 0.4) is 0 Å². The lowest BCUT2D eigenvalue weighted by atomic mass is 10.1. The molecule has 7 heteroatoms. The number of rotatable bonds is 7. The number of nitrogens with two attached hydrogens (primary N) is 2. The molecule has 0 aliphatic heterocycles. The zero-order valence-electron chi connectivity index (χ0n) is 10.9. The number of ether oxygens (including phenoxy) is 1.